The van der Waals surface area contributed by atoms with Gasteiger partial charge in [-0.15, -0.1) is 0 Å². The Balaban J connectivity index is 1.45. The molecule has 1 aliphatic rings. The minimum Gasteiger partial charge on any atom is -0.497 e. The van der Waals surface area contributed by atoms with Gasteiger partial charge in [0.15, 0.2) is 0 Å². The minimum absolute atomic E-state index is 0.0119. The van der Waals surface area contributed by atoms with Crippen molar-refractivity contribution in [3.8, 4) is 11.5 Å². The van der Waals surface area contributed by atoms with E-state index in [0.717, 1.165) is 16.7 Å². The Morgan fingerprint density at radius 2 is 1.55 bits per heavy atom. The maximum Gasteiger partial charge on any atom is 0.351 e. The Morgan fingerprint density at radius 3 is 2.09 bits per heavy atom. The van der Waals surface area contributed by atoms with Crippen LogP contribution in [0.1, 0.15) is 49.1 Å². The van der Waals surface area contributed by atoms with Crippen LogP contribution in [-0.2, 0) is 19.9 Å². The second-order valence-corrected chi connectivity index (χ2v) is 10.5. The molecule has 1 unspecified atom stereocenters. The number of benzene rings is 3. The molecule has 230 valence electrons. The monoisotopic (exact) mass is 599 g/mol. The molecule has 2 N–H and O–H groups in total. The van der Waals surface area contributed by atoms with Gasteiger partial charge in [-0.25, -0.2) is 4.79 Å². The van der Waals surface area contributed by atoms with E-state index in [1.165, 1.54) is 10.8 Å². The first-order valence-corrected chi connectivity index (χ1v) is 14.6. The van der Waals surface area contributed by atoms with Crippen LogP contribution in [0, 0.1) is 0 Å². The lowest BCUT2D eigenvalue weighted by Crippen LogP contribution is -2.38. The van der Waals surface area contributed by atoms with Gasteiger partial charge in [-0.05, 0) is 53.4 Å². The zero-order valence-electron chi connectivity index (χ0n) is 25.0. The lowest BCUT2D eigenvalue weighted by Gasteiger charge is -2.37. The fourth-order valence-electron chi connectivity index (χ4n) is 5.45. The molecule has 1 amide bonds. The van der Waals surface area contributed by atoms with Gasteiger partial charge < -0.3 is 29.4 Å². The van der Waals surface area contributed by atoms with Crippen molar-refractivity contribution < 1.29 is 28.8 Å². The number of hydrogen-bond donors (Lipinski definition) is 2. The summed E-state index contributed by atoms with van der Waals surface area (Å²) in [5.74, 6) is 1.38. The number of aliphatic hydroxyl groups excluding tert-OH is 1. The molecular weight excluding hydrogens is 562 g/mol. The predicted octanol–water partition coefficient (Wildman–Crippen LogP) is 4.66. The predicted molar refractivity (Wildman–Crippen MR) is 165 cm³/mol. The standard InChI is InChI=1S/C34H37N3O7/c1-4-8-31(39)35-30-19-20-37(33(40)36-30)32-21-28(38)29(44-32)22-43-34(23-9-6-5-7-10-23,24-11-15-26(41-2)16-12-24)25-13-17-27(42-3)18-14-25/h5-7,9-20,28-29,32,38H,4,8,21-22H2,1-3H3,(H,35,36,39,40)/t28-,29+,32?/m0/s1. The summed E-state index contributed by atoms with van der Waals surface area (Å²) in [6, 6.07) is 26.7. The number of aliphatic hydroxyl groups is 1. The van der Waals surface area contributed by atoms with Crippen LogP contribution in [0.25, 0.3) is 0 Å². The van der Waals surface area contributed by atoms with Gasteiger partial charge >= 0.3 is 5.69 Å². The molecule has 0 saturated carbocycles. The van der Waals surface area contributed by atoms with Crippen LogP contribution in [0.2, 0.25) is 0 Å². The zero-order chi connectivity index (χ0) is 31.1. The first kappa shape index (κ1) is 30.9. The molecule has 1 saturated heterocycles. The molecule has 3 atom stereocenters. The van der Waals surface area contributed by atoms with E-state index in [0.29, 0.717) is 24.3 Å². The van der Waals surface area contributed by atoms with Crippen LogP contribution >= 0.6 is 0 Å². The number of rotatable bonds is 12. The van der Waals surface area contributed by atoms with Crippen LogP contribution in [-0.4, -0.2) is 53.6 Å². The molecule has 1 aromatic heterocycles. The summed E-state index contributed by atoms with van der Waals surface area (Å²) in [7, 11) is 3.23. The molecule has 5 rings (SSSR count). The number of nitrogens with zero attached hydrogens (tertiary/aromatic N) is 2. The lowest BCUT2D eigenvalue weighted by molar-refractivity contribution is -0.116. The van der Waals surface area contributed by atoms with E-state index in [1.54, 1.807) is 20.3 Å². The van der Waals surface area contributed by atoms with Gasteiger partial charge in [-0.1, -0.05) is 61.5 Å². The molecule has 0 bridgehead atoms. The van der Waals surface area contributed by atoms with Crippen LogP contribution in [0.5, 0.6) is 11.5 Å². The topological polar surface area (TPSA) is 121 Å². The van der Waals surface area contributed by atoms with E-state index in [9.17, 15) is 14.7 Å². The zero-order valence-corrected chi connectivity index (χ0v) is 25.0. The third-order valence-corrected chi connectivity index (χ3v) is 7.73. The van der Waals surface area contributed by atoms with Crippen LogP contribution in [0.3, 0.4) is 0 Å². The molecule has 0 aliphatic carbocycles. The van der Waals surface area contributed by atoms with Crippen LogP contribution < -0.4 is 20.5 Å². The highest BCUT2D eigenvalue weighted by molar-refractivity contribution is 5.89. The van der Waals surface area contributed by atoms with Crippen molar-refractivity contribution in [2.75, 3.05) is 26.1 Å². The van der Waals surface area contributed by atoms with E-state index in [2.05, 4.69) is 10.3 Å². The Labute approximate surface area is 256 Å². The summed E-state index contributed by atoms with van der Waals surface area (Å²) >= 11 is 0. The van der Waals surface area contributed by atoms with Gasteiger partial charge in [0.05, 0.1) is 26.9 Å². The summed E-state index contributed by atoms with van der Waals surface area (Å²) < 4.78 is 25.2. The Kier molecular flexibility index (Phi) is 9.74. The number of anilines is 1. The molecule has 2 heterocycles. The molecule has 4 aromatic rings. The van der Waals surface area contributed by atoms with Gasteiger partial charge in [0.2, 0.25) is 5.91 Å². The minimum atomic E-state index is -1.09. The number of hydrogen-bond acceptors (Lipinski definition) is 8. The highest BCUT2D eigenvalue weighted by Gasteiger charge is 2.42. The quantitative estimate of drug-likeness (QED) is 0.226. The summed E-state index contributed by atoms with van der Waals surface area (Å²) in [4.78, 5) is 28.8. The molecule has 0 spiro atoms. The first-order chi connectivity index (χ1) is 21.4. The van der Waals surface area contributed by atoms with E-state index in [4.69, 9.17) is 18.9 Å². The highest BCUT2D eigenvalue weighted by atomic mass is 16.6. The SMILES string of the molecule is CCCC(=O)Nc1ccn(C2C[C@H](O)[C@@H](COC(c3ccccc3)(c3ccc(OC)cc3)c3ccc(OC)cc3)O2)c(=O)n1. The van der Waals surface area contributed by atoms with Gasteiger partial charge in [-0.3, -0.25) is 9.36 Å². The summed E-state index contributed by atoms with van der Waals surface area (Å²) in [5, 5.41) is 13.7. The smallest absolute Gasteiger partial charge is 0.351 e. The van der Waals surface area contributed by atoms with Crippen LogP contribution in [0.4, 0.5) is 5.82 Å². The number of ether oxygens (including phenoxy) is 4. The fraction of sp³-hybridized carbons (Fsp3) is 0.324. The van der Waals surface area contributed by atoms with Gasteiger partial charge in [0.1, 0.15) is 35.2 Å². The normalized spacial score (nSPS) is 18.1. The van der Waals surface area contributed by atoms with E-state index in [-0.39, 0.29) is 24.8 Å². The fourth-order valence-corrected chi connectivity index (χ4v) is 5.45. The molecule has 44 heavy (non-hydrogen) atoms. The average Bonchev–Trinajstić information content (AvgIpc) is 3.42. The number of aromatic nitrogens is 2. The van der Waals surface area contributed by atoms with Gasteiger partial charge in [-0.2, -0.15) is 4.98 Å². The molecular formula is C34H37N3O7. The van der Waals surface area contributed by atoms with Crippen LogP contribution in [0.15, 0.2) is 95.9 Å². The molecule has 1 fully saturated rings. The maximum absolute atomic E-state index is 12.8. The third kappa shape index (κ3) is 6.52. The summed E-state index contributed by atoms with van der Waals surface area (Å²) in [6.45, 7) is 1.91. The average molecular weight is 600 g/mol. The lowest BCUT2D eigenvalue weighted by atomic mass is 9.80. The van der Waals surface area contributed by atoms with Crippen molar-refractivity contribution in [2.45, 2.75) is 50.2 Å². The molecule has 1 aliphatic heterocycles. The Hall–Kier alpha value is -4.51. The summed E-state index contributed by atoms with van der Waals surface area (Å²) in [6.07, 6.45) is 0.296. The third-order valence-electron chi connectivity index (χ3n) is 7.73. The summed E-state index contributed by atoms with van der Waals surface area (Å²) in [5.41, 5.74) is 0.894. The highest BCUT2D eigenvalue weighted by Crippen LogP contribution is 2.42. The molecule has 10 heteroatoms. The second kappa shape index (κ2) is 13.9. The largest absolute Gasteiger partial charge is 0.497 e. The van der Waals surface area contributed by atoms with E-state index >= 15 is 0 Å². The number of carbonyl (C=O) groups excluding carboxylic acids is 1. The Bertz CT molecular complexity index is 1540. The van der Waals surface area contributed by atoms with Crippen molar-refractivity contribution >= 4 is 11.7 Å². The van der Waals surface area contributed by atoms with E-state index in [1.807, 2.05) is 85.8 Å². The molecule has 10 nitrogen and oxygen atoms in total. The van der Waals surface area contributed by atoms with Crippen molar-refractivity contribution in [2.24, 2.45) is 0 Å². The van der Waals surface area contributed by atoms with Gasteiger partial charge in [0, 0.05) is 19.0 Å². The maximum atomic E-state index is 12.8. The number of methoxy groups -OCH3 is 2. The molecule has 3 aromatic carbocycles. The number of nitrogens with one attached hydrogen (secondary N) is 1. The first-order valence-electron chi connectivity index (χ1n) is 14.6. The van der Waals surface area contributed by atoms with Crippen molar-refractivity contribution in [1.82, 2.24) is 9.55 Å². The number of carbonyl (C=O) groups is 1. The van der Waals surface area contributed by atoms with Crippen molar-refractivity contribution in [1.29, 1.82) is 0 Å². The van der Waals surface area contributed by atoms with Crippen molar-refractivity contribution in [3.05, 3.63) is 118 Å². The number of amides is 1. The van der Waals surface area contributed by atoms with Crippen molar-refractivity contribution in [3.63, 3.8) is 0 Å². The Morgan fingerprint density at radius 1 is 0.955 bits per heavy atom. The van der Waals surface area contributed by atoms with E-state index < -0.39 is 29.7 Å². The van der Waals surface area contributed by atoms with Gasteiger partial charge in [0.25, 0.3) is 0 Å². The second-order valence-electron chi connectivity index (χ2n) is 10.5. The molecule has 0 radical (unpaired) electrons.